The van der Waals surface area contributed by atoms with E-state index in [0.717, 1.165) is 19.0 Å². The Morgan fingerprint density at radius 3 is 2.35 bits per heavy atom. The van der Waals surface area contributed by atoms with Crippen molar-refractivity contribution in [3.8, 4) is 0 Å². The molecule has 1 unspecified atom stereocenters. The molecule has 0 aliphatic rings. The van der Waals surface area contributed by atoms with E-state index in [1.165, 1.54) is 12.0 Å². The summed E-state index contributed by atoms with van der Waals surface area (Å²) in [4.78, 5) is 2.45. The van der Waals surface area contributed by atoms with E-state index in [0.29, 0.717) is 6.04 Å². The summed E-state index contributed by atoms with van der Waals surface area (Å²) in [5, 5.41) is 3.22. The number of rotatable bonds is 7. The van der Waals surface area contributed by atoms with Gasteiger partial charge in [-0.1, -0.05) is 44.2 Å². The van der Waals surface area contributed by atoms with E-state index in [1.807, 2.05) is 7.05 Å². The van der Waals surface area contributed by atoms with Crippen LogP contribution >= 0.6 is 0 Å². The second-order valence-corrected chi connectivity index (χ2v) is 5.14. The van der Waals surface area contributed by atoms with Crippen LogP contribution in [0.1, 0.15) is 31.9 Å². The second kappa shape index (κ2) is 7.46. The summed E-state index contributed by atoms with van der Waals surface area (Å²) in [6.45, 7) is 6.71. The molecule has 1 aromatic carbocycles. The number of hydrogen-bond acceptors (Lipinski definition) is 2. The molecular weight excluding hydrogens is 208 g/mol. The summed E-state index contributed by atoms with van der Waals surface area (Å²) < 4.78 is 0. The first-order valence-corrected chi connectivity index (χ1v) is 6.55. The fraction of sp³-hybridized carbons (Fsp3) is 0.600. The Morgan fingerprint density at radius 1 is 1.18 bits per heavy atom. The van der Waals surface area contributed by atoms with E-state index in [2.05, 4.69) is 61.4 Å². The van der Waals surface area contributed by atoms with E-state index in [-0.39, 0.29) is 0 Å². The van der Waals surface area contributed by atoms with Crippen LogP contribution < -0.4 is 5.32 Å². The first-order chi connectivity index (χ1) is 8.15. The fourth-order valence-corrected chi connectivity index (χ4v) is 2.14. The highest BCUT2D eigenvalue weighted by Crippen LogP contribution is 2.26. The van der Waals surface area contributed by atoms with Crippen LogP contribution in [-0.4, -0.2) is 32.1 Å². The third-order valence-electron chi connectivity index (χ3n) is 3.13. The van der Waals surface area contributed by atoms with Crippen molar-refractivity contribution >= 4 is 0 Å². The molecule has 0 radical (unpaired) electrons. The standard InChI is InChI=1S/C15H26N2/c1-13(2)12-15(17(4)11-10-16-3)14-8-6-5-7-9-14/h5-9,13,15-16H,10-12H2,1-4H3. The topological polar surface area (TPSA) is 15.3 Å². The van der Waals surface area contributed by atoms with Gasteiger partial charge in [0.1, 0.15) is 0 Å². The molecule has 96 valence electrons. The lowest BCUT2D eigenvalue weighted by Gasteiger charge is -2.30. The fourth-order valence-electron chi connectivity index (χ4n) is 2.14. The summed E-state index contributed by atoms with van der Waals surface area (Å²) in [7, 11) is 4.23. The Morgan fingerprint density at radius 2 is 1.82 bits per heavy atom. The molecule has 1 N–H and O–H groups in total. The van der Waals surface area contributed by atoms with Crippen LogP contribution in [0.5, 0.6) is 0 Å². The van der Waals surface area contributed by atoms with Gasteiger partial charge in [0.15, 0.2) is 0 Å². The first-order valence-electron chi connectivity index (χ1n) is 6.55. The number of nitrogens with zero attached hydrogens (tertiary/aromatic N) is 1. The van der Waals surface area contributed by atoms with Crippen LogP contribution in [0.3, 0.4) is 0 Å². The van der Waals surface area contributed by atoms with Gasteiger partial charge in [-0.15, -0.1) is 0 Å². The molecule has 0 amide bonds. The van der Waals surface area contributed by atoms with Crippen molar-refractivity contribution in [2.24, 2.45) is 5.92 Å². The Balaban J connectivity index is 2.73. The summed E-state index contributed by atoms with van der Waals surface area (Å²) in [5.41, 5.74) is 1.43. The van der Waals surface area contributed by atoms with Crippen molar-refractivity contribution in [3.05, 3.63) is 35.9 Å². The molecule has 2 heteroatoms. The minimum Gasteiger partial charge on any atom is -0.318 e. The van der Waals surface area contributed by atoms with Gasteiger partial charge in [0.05, 0.1) is 0 Å². The third kappa shape index (κ3) is 4.88. The molecule has 0 aromatic heterocycles. The van der Waals surface area contributed by atoms with Gasteiger partial charge in [-0.25, -0.2) is 0 Å². The lowest BCUT2D eigenvalue weighted by atomic mass is 9.96. The van der Waals surface area contributed by atoms with E-state index < -0.39 is 0 Å². The quantitative estimate of drug-likeness (QED) is 0.780. The van der Waals surface area contributed by atoms with Crippen molar-refractivity contribution < 1.29 is 0 Å². The van der Waals surface area contributed by atoms with Gasteiger partial charge in [0.2, 0.25) is 0 Å². The molecule has 17 heavy (non-hydrogen) atoms. The van der Waals surface area contributed by atoms with Gasteiger partial charge in [-0.3, -0.25) is 4.90 Å². The molecule has 0 saturated carbocycles. The summed E-state index contributed by atoms with van der Waals surface area (Å²) in [6, 6.07) is 11.4. The van der Waals surface area contributed by atoms with Gasteiger partial charge in [0.25, 0.3) is 0 Å². The van der Waals surface area contributed by atoms with Crippen LogP contribution in [0.4, 0.5) is 0 Å². The summed E-state index contributed by atoms with van der Waals surface area (Å²) in [6.07, 6.45) is 1.21. The van der Waals surface area contributed by atoms with E-state index in [9.17, 15) is 0 Å². The molecule has 2 nitrogen and oxygen atoms in total. The van der Waals surface area contributed by atoms with Gasteiger partial charge in [-0.05, 0) is 32.0 Å². The van der Waals surface area contributed by atoms with Gasteiger partial charge in [0, 0.05) is 19.1 Å². The van der Waals surface area contributed by atoms with Crippen LogP contribution in [0.15, 0.2) is 30.3 Å². The maximum Gasteiger partial charge on any atom is 0.0348 e. The Bertz CT molecular complexity index is 295. The molecule has 0 bridgehead atoms. The van der Waals surface area contributed by atoms with Crippen molar-refractivity contribution in [3.63, 3.8) is 0 Å². The van der Waals surface area contributed by atoms with Gasteiger partial charge in [-0.2, -0.15) is 0 Å². The van der Waals surface area contributed by atoms with Crippen molar-refractivity contribution in [2.45, 2.75) is 26.3 Å². The molecule has 0 fully saturated rings. The summed E-state index contributed by atoms with van der Waals surface area (Å²) >= 11 is 0. The molecule has 0 aliphatic carbocycles. The number of nitrogens with one attached hydrogen (secondary N) is 1. The van der Waals surface area contributed by atoms with Crippen molar-refractivity contribution in [1.29, 1.82) is 0 Å². The average molecular weight is 234 g/mol. The smallest absolute Gasteiger partial charge is 0.0348 e. The van der Waals surface area contributed by atoms with E-state index in [1.54, 1.807) is 0 Å². The van der Waals surface area contributed by atoms with Crippen LogP contribution in [0.25, 0.3) is 0 Å². The molecule has 1 rings (SSSR count). The van der Waals surface area contributed by atoms with Crippen LogP contribution in [0, 0.1) is 5.92 Å². The SMILES string of the molecule is CNCCN(C)C(CC(C)C)c1ccccc1. The highest BCUT2D eigenvalue weighted by atomic mass is 15.1. The minimum atomic E-state index is 0.532. The summed E-state index contributed by atoms with van der Waals surface area (Å²) in [5.74, 6) is 0.720. The number of benzene rings is 1. The van der Waals surface area contributed by atoms with Crippen molar-refractivity contribution in [2.75, 3.05) is 27.2 Å². The van der Waals surface area contributed by atoms with E-state index >= 15 is 0 Å². The van der Waals surface area contributed by atoms with Gasteiger partial charge < -0.3 is 5.32 Å². The molecule has 1 aromatic rings. The van der Waals surface area contributed by atoms with Gasteiger partial charge >= 0.3 is 0 Å². The maximum absolute atomic E-state index is 3.22. The largest absolute Gasteiger partial charge is 0.318 e. The Hall–Kier alpha value is -0.860. The highest BCUT2D eigenvalue weighted by Gasteiger charge is 2.17. The molecule has 0 aliphatic heterocycles. The number of hydrogen-bond donors (Lipinski definition) is 1. The lowest BCUT2D eigenvalue weighted by molar-refractivity contribution is 0.216. The monoisotopic (exact) mass is 234 g/mol. The average Bonchev–Trinajstić information content (AvgIpc) is 2.34. The zero-order valence-corrected chi connectivity index (χ0v) is 11.6. The Labute approximate surface area is 106 Å². The molecule has 0 spiro atoms. The zero-order valence-electron chi connectivity index (χ0n) is 11.6. The minimum absolute atomic E-state index is 0.532. The second-order valence-electron chi connectivity index (χ2n) is 5.14. The molecule has 0 saturated heterocycles. The Kier molecular flexibility index (Phi) is 6.23. The third-order valence-corrected chi connectivity index (χ3v) is 3.13. The zero-order chi connectivity index (χ0) is 12.7. The van der Waals surface area contributed by atoms with Crippen molar-refractivity contribution in [1.82, 2.24) is 10.2 Å². The number of likely N-dealkylation sites (N-methyl/N-ethyl adjacent to an activating group) is 2. The molecular formula is C15H26N2. The van der Waals surface area contributed by atoms with Crippen LogP contribution in [0.2, 0.25) is 0 Å². The predicted octanol–water partition coefficient (Wildman–Crippen LogP) is 2.93. The maximum atomic E-state index is 3.22. The van der Waals surface area contributed by atoms with E-state index in [4.69, 9.17) is 0 Å². The predicted molar refractivity (Wildman–Crippen MR) is 75.2 cm³/mol. The normalized spacial score (nSPS) is 13.3. The molecule has 1 atom stereocenters. The highest BCUT2D eigenvalue weighted by molar-refractivity contribution is 5.19. The first kappa shape index (κ1) is 14.2. The molecule has 0 heterocycles. The lowest BCUT2D eigenvalue weighted by Crippen LogP contribution is -2.31. The van der Waals surface area contributed by atoms with Crippen LogP contribution in [-0.2, 0) is 0 Å².